The number of methoxy groups -OCH3 is 1. The van der Waals surface area contributed by atoms with E-state index >= 15 is 0 Å². The van der Waals surface area contributed by atoms with E-state index in [9.17, 15) is 4.79 Å². The van der Waals surface area contributed by atoms with Crippen LogP contribution in [0.5, 0.6) is 5.75 Å². The van der Waals surface area contributed by atoms with E-state index in [-0.39, 0.29) is 5.91 Å². The number of piperidine rings is 1. The maximum Gasteiger partial charge on any atom is 0.238 e. The lowest BCUT2D eigenvalue weighted by Crippen LogP contribution is -2.39. The standard InChI is InChI=1S/C17H26ClN3O2/c1-19-8-5-13-6-9-21(10-7-13)12-17(22)20-14-3-4-16(23-2)15(18)11-14/h3-4,11,13,19H,5-10,12H2,1-2H3,(H,20,22). The largest absolute Gasteiger partial charge is 0.495 e. The second kappa shape index (κ2) is 9.11. The number of likely N-dealkylation sites (tertiary alicyclic amines) is 1. The third kappa shape index (κ3) is 5.68. The van der Waals surface area contributed by atoms with Crippen LogP contribution in [0.25, 0.3) is 0 Å². The summed E-state index contributed by atoms with van der Waals surface area (Å²) in [5.74, 6) is 1.38. The van der Waals surface area contributed by atoms with Gasteiger partial charge >= 0.3 is 0 Å². The van der Waals surface area contributed by atoms with E-state index in [1.54, 1.807) is 25.3 Å². The molecule has 1 aliphatic rings. The molecule has 0 atom stereocenters. The van der Waals surface area contributed by atoms with Gasteiger partial charge in [-0.15, -0.1) is 0 Å². The molecule has 0 unspecified atom stereocenters. The molecule has 1 aromatic rings. The number of rotatable bonds is 7. The van der Waals surface area contributed by atoms with Crippen molar-refractivity contribution in [2.24, 2.45) is 5.92 Å². The first-order chi connectivity index (χ1) is 11.1. The van der Waals surface area contributed by atoms with E-state index in [1.165, 1.54) is 19.3 Å². The molecule has 0 radical (unpaired) electrons. The van der Waals surface area contributed by atoms with Crippen molar-refractivity contribution in [1.82, 2.24) is 10.2 Å². The number of hydrogen-bond acceptors (Lipinski definition) is 4. The van der Waals surface area contributed by atoms with E-state index < -0.39 is 0 Å². The lowest BCUT2D eigenvalue weighted by Gasteiger charge is -2.31. The first-order valence-electron chi connectivity index (χ1n) is 8.12. The van der Waals surface area contributed by atoms with Crippen LogP contribution in [0.4, 0.5) is 5.69 Å². The molecule has 0 spiro atoms. The summed E-state index contributed by atoms with van der Waals surface area (Å²) >= 11 is 6.07. The Bertz CT molecular complexity index is 517. The molecule has 2 rings (SSSR count). The van der Waals surface area contributed by atoms with Crippen molar-refractivity contribution in [3.63, 3.8) is 0 Å². The van der Waals surface area contributed by atoms with Crippen LogP contribution in [0.15, 0.2) is 18.2 Å². The molecule has 0 aliphatic carbocycles. The summed E-state index contributed by atoms with van der Waals surface area (Å²) in [5.41, 5.74) is 0.699. The summed E-state index contributed by atoms with van der Waals surface area (Å²) in [5, 5.41) is 6.59. The highest BCUT2D eigenvalue weighted by Gasteiger charge is 2.20. The van der Waals surface area contributed by atoms with Gasteiger partial charge in [-0.1, -0.05) is 11.6 Å². The van der Waals surface area contributed by atoms with E-state index in [4.69, 9.17) is 16.3 Å². The molecular weight excluding hydrogens is 314 g/mol. The van der Waals surface area contributed by atoms with Gasteiger partial charge in [0.05, 0.1) is 18.7 Å². The van der Waals surface area contributed by atoms with Crippen LogP contribution >= 0.6 is 11.6 Å². The lowest BCUT2D eigenvalue weighted by atomic mass is 9.93. The van der Waals surface area contributed by atoms with Crippen LogP contribution < -0.4 is 15.4 Å². The number of carbonyl (C=O) groups excluding carboxylic acids is 1. The molecule has 1 aromatic carbocycles. The third-order valence-electron chi connectivity index (χ3n) is 4.31. The smallest absolute Gasteiger partial charge is 0.238 e. The molecule has 0 aromatic heterocycles. The molecule has 128 valence electrons. The van der Waals surface area contributed by atoms with Gasteiger partial charge in [-0.2, -0.15) is 0 Å². The maximum atomic E-state index is 12.2. The minimum Gasteiger partial charge on any atom is -0.495 e. The molecule has 1 fully saturated rings. The molecule has 1 amide bonds. The second-order valence-electron chi connectivity index (χ2n) is 6.01. The minimum absolute atomic E-state index is 0.0000849. The molecule has 0 saturated carbocycles. The van der Waals surface area contributed by atoms with Gasteiger partial charge in [-0.25, -0.2) is 0 Å². The monoisotopic (exact) mass is 339 g/mol. The van der Waals surface area contributed by atoms with Gasteiger partial charge in [0.2, 0.25) is 5.91 Å². The Hall–Kier alpha value is -1.30. The number of halogens is 1. The van der Waals surface area contributed by atoms with Crippen LogP contribution in [0, 0.1) is 5.92 Å². The van der Waals surface area contributed by atoms with E-state index in [2.05, 4.69) is 15.5 Å². The molecule has 5 nitrogen and oxygen atoms in total. The summed E-state index contributed by atoms with van der Waals surface area (Å²) < 4.78 is 5.11. The normalized spacial score (nSPS) is 16.3. The summed E-state index contributed by atoms with van der Waals surface area (Å²) in [6.07, 6.45) is 3.56. The van der Waals surface area contributed by atoms with Gasteiger partial charge in [0.25, 0.3) is 0 Å². The Morgan fingerprint density at radius 1 is 1.39 bits per heavy atom. The topological polar surface area (TPSA) is 53.6 Å². The van der Waals surface area contributed by atoms with Crippen molar-refractivity contribution < 1.29 is 9.53 Å². The summed E-state index contributed by atoms with van der Waals surface area (Å²) in [7, 11) is 3.56. The number of hydrogen-bond donors (Lipinski definition) is 2. The van der Waals surface area contributed by atoms with Crippen molar-refractivity contribution in [2.45, 2.75) is 19.3 Å². The predicted molar refractivity (Wildman–Crippen MR) is 94.3 cm³/mol. The van der Waals surface area contributed by atoms with Crippen LogP contribution in [0.1, 0.15) is 19.3 Å². The Morgan fingerprint density at radius 3 is 2.74 bits per heavy atom. The number of nitrogens with zero attached hydrogens (tertiary/aromatic N) is 1. The van der Waals surface area contributed by atoms with Crippen molar-refractivity contribution >= 4 is 23.2 Å². The predicted octanol–water partition coefficient (Wildman–Crippen LogP) is 2.61. The van der Waals surface area contributed by atoms with Crippen LogP contribution in [0.2, 0.25) is 5.02 Å². The highest BCUT2D eigenvalue weighted by atomic mass is 35.5. The minimum atomic E-state index is -0.0000849. The fourth-order valence-electron chi connectivity index (χ4n) is 2.93. The fourth-order valence-corrected chi connectivity index (χ4v) is 3.19. The number of anilines is 1. The van der Waals surface area contributed by atoms with Gasteiger partial charge in [0, 0.05) is 5.69 Å². The van der Waals surface area contributed by atoms with E-state index in [0.717, 1.165) is 25.6 Å². The number of amides is 1. The fraction of sp³-hybridized carbons (Fsp3) is 0.588. The number of carbonyl (C=O) groups is 1. The van der Waals surface area contributed by atoms with Gasteiger partial charge in [0.15, 0.2) is 0 Å². The third-order valence-corrected chi connectivity index (χ3v) is 4.61. The summed E-state index contributed by atoms with van der Waals surface area (Å²) in [6.45, 7) is 3.49. The Balaban J connectivity index is 1.76. The first-order valence-corrected chi connectivity index (χ1v) is 8.50. The zero-order valence-electron chi connectivity index (χ0n) is 13.9. The second-order valence-corrected chi connectivity index (χ2v) is 6.42. The average Bonchev–Trinajstić information content (AvgIpc) is 2.54. The summed E-state index contributed by atoms with van der Waals surface area (Å²) in [4.78, 5) is 14.4. The Labute approximate surface area is 143 Å². The Kier molecular flexibility index (Phi) is 7.15. The maximum absolute atomic E-state index is 12.2. The molecule has 1 heterocycles. The van der Waals surface area contributed by atoms with Gasteiger partial charge in [-0.3, -0.25) is 9.69 Å². The molecule has 6 heteroatoms. The highest BCUT2D eigenvalue weighted by Crippen LogP contribution is 2.27. The molecule has 0 bridgehead atoms. The zero-order valence-corrected chi connectivity index (χ0v) is 14.7. The highest BCUT2D eigenvalue weighted by molar-refractivity contribution is 6.32. The number of nitrogens with one attached hydrogen (secondary N) is 2. The SMILES string of the molecule is CNCCC1CCN(CC(=O)Nc2ccc(OC)c(Cl)c2)CC1. The average molecular weight is 340 g/mol. The van der Waals surface area contributed by atoms with E-state index in [1.807, 2.05) is 7.05 Å². The zero-order chi connectivity index (χ0) is 16.7. The van der Waals surface area contributed by atoms with Gasteiger partial charge in [0.1, 0.15) is 5.75 Å². The quantitative estimate of drug-likeness (QED) is 0.801. The van der Waals surface area contributed by atoms with E-state index in [0.29, 0.717) is 23.0 Å². The molecule has 1 saturated heterocycles. The number of benzene rings is 1. The van der Waals surface area contributed by atoms with Crippen LogP contribution in [-0.2, 0) is 4.79 Å². The van der Waals surface area contributed by atoms with Crippen molar-refractivity contribution in [1.29, 1.82) is 0 Å². The molecule has 1 aliphatic heterocycles. The summed E-state index contributed by atoms with van der Waals surface area (Å²) in [6, 6.07) is 5.26. The van der Waals surface area contributed by atoms with Gasteiger partial charge < -0.3 is 15.4 Å². The van der Waals surface area contributed by atoms with Crippen LogP contribution in [0.3, 0.4) is 0 Å². The molecule has 2 N–H and O–H groups in total. The van der Waals surface area contributed by atoms with Crippen molar-refractivity contribution in [2.75, 3.05) is 45.7 Å². The molecule has 23 heavy (non-hydrogen) atoms. The lowest BCUT2D eigenvalue weighted by molar-refractivity contribution is -0.117. The van der Waals surface area contributed by atoms with Crippen molar-refractivity contribution in [3.8, 4) is 5.75 Å². The first kappa shape index (κ1) is 18.0. The van der Waals surface area contributed by atoms with Crippen LogP contribution in [-0.4, -0.2) is 51.1 Å². The molecular formula is C17H26ClN3O2. The van der Waals surface area contributed by atoms with Crippen molar-refractivity contribution in [3.05, 3.63) is 23.2 Å². The number of ether oxygens (including phenoxy) is 1. The van der Waals surface area contributed by atoms with Gasteiger partial charge in [-0.05, 0) is 70.1 Å². The Morgan fingerprint density at radius 2 is 2.13 bits per heavy atom.